The lowest BCUT2D eigenvalue weighted by Crippen LogP contribution is -2.29. The molecule has 0 amide bonds. The molecule has 9 nitrogen and oxygen atoms in total. The second-order valence-corrected chi connectivity index (χ2v) is 26.2. The first-order chi connectivity index (χ1) is 41.3. The molecule has 0 aromatic carbocycles. The van der Waals surface area contributed by atoms with Crippen LogP contribution in [0.4, 0.5) is 0 Å². The molecular weight excluding hydrogens is 1060 g/mol. The standard InChI is InChI=1S/C74H140NO8P/c1-3-5-7-9-11-13-15-17-19-21-23-25-27-29-31-33-35-37-38-40-42-44-46-48-50-52-54-56-58-60-62-64-66-73(76)80-70-72(71-82-84(78,79)81-69-68-75)83-74(77)67-65-63-61-59-57-55-53-51-49-47-45-43-41-39-36-34-32-30-28-26-24-22-20-18-16-14-12-10-8-6-4-2/h6,8,12,14,18,20,24,26,72H,3-5,7,9-11,13,15-17,19,21-23,25,27-71,75H2,1-2H3,(H,78,79)/b8-6-,14-12-,20-18-,26-24-. The smallest absolute Gasteiger partial charge is 0.462 e. The Morgan fingerprint density at radius 2 is 0.655 bits per heavy atom. The van der Waals surface area contributed by atoms with Gasteiger partial charge in [0.25, 0.3) is 0 Å². The fourth-order valence-corrected chi connectivity index (χ4v) is 11.9. The molecular formula is C74H140NO8P. The minimum absolute atomic E-state index is 0.0556. The molecule has 494 valence electrons. The van der Waals surface area contributed by atoms with E-state index in [0.717, 1.165) is 57.8 Å². The number of rotatable bonds is 70. The second kappa shape index (κ2) is 70.1. The van der Waals surface area contributed by atoms with Gasteiger partial charge in [0.05, 0.1) is 13.2 Å². The van der Waals surface area contributed by atoms with Crippen molar-refractivity contribution in [2.24, 2.45) is 5.73 Å². The summed E-state index contributed by atoms with van der Waals surface area (Å²) in [5.74, 6) is -0.805. The van der Waals surface area contributed by atoms with Crippen LogP contribution >= 0.6 is 7.82 Å². The number of unbranched alkanes of at least 4 members (excludes halogenated alkanes) is 49. The summed E-state index contributed by atoms with van der Waals surface area (Å²) < 4.78 is 33.2. The molecule has 0 bridgehead atoms. The first-order valence-electron chi connectivity index (χ1n) is 36.6. The number of phosphoric acid groups is 1. The van der Waals surface area contributed by atoms with Gasteiger partial charge in [-0.05, 0) is 51.4 Å². The third-order valence-corrected chi connectivity index (χ3v) is 17.5. The van der Waals surface area contributed by atoms with Crippen LogP contribution in [0.2, 0.25) is 0 Å². The van der Waals surface area contributed by atoms with Crippen molar-refractivity contribution in [1.29, 1.82) is 0 Å². The molecule has 0 aromatic heterocycles. The largest absolute Gasteiger partial charge is 0.472 e. The third-order valence-electron chi connectivity index (χ3n) is 16.5. The number of nitrogens with two attached hydrogens (primary N) is 1. The molecule has 2 unspecified atom stereocenters. The molecule has 0 aliphatic carbocycles. The van der Waals surface area contributed by atoms with Crippen molar-refractivity contribution >= 4 is 19.8 Å². The van der Waals surface area contributed by atoms with Gasteiger partial charge in [-0.2, -0.15) is 0 Å². The van der Waals surface area contributed by atoms with Gasteiger partial charge in [-0.15, -0.1) is 0 Å². The number of allylic oxidation sites excluding steroid dienone is 8. The van der Waals surface area contributed by atoms with Gasteiger partial charge in [-0.3, -0.25) is 18.6 Å². The van der Waals surface area contributed by atoms with Crippen molar-refractivity contribution in [1.82, 2.24) is 0 Å². The maximum atomic E-state index is 12.8. The van der Waals surface area contributed by atoms with Crippen LogP contribution in [0.3, 0.4) is 0 Å². The summed E-state index contributed by atoms with van der Waals surface area (Å²) >= 11 is 0. The number of esters is 2. The Kier molecular flexibility index (Phi) is 68.4. The summed E-state index contributed by atoms with van der Waals surface area (Å²) in [5, 5.41) is 0. The van der Waals surface area contributed by atoms with Gasteiger partial charge >= 0.3 is 19.8 Å². The fraction of sp³-hybridized carbons (Fsp3) is 0.865. The maximum absolute atomic E-state index is 12.8. The van der Waals surface area contributed by atoms with Gasteiger partial charge in [-0.1, -0.05) is 364 Å². The molecule has 0 rings (SSSR count). The molecule has 0 aromatic rings. The molecule has 0 heterocycles. The summed E-state index contributed by atoms with van der Waals surface area (Å²) in [6, 6.07) is 0. The molecule has 2 atom stereocenters. The Bertz CT molecular complexity index is 1520. The van der Waals surface area contributed by atoms with Crippen LogP contribution < -0.4 is 5.73 Å². The highest BCUT2D eigenvalue weighted by Gasteiger charge is 2.26. The van der Waals surface area contributed by atoms with E-state index in [4.69, 9.17) is 24.3 Å². The zero-order valence-electron chi connectivity index (χ0n) is 55.7. The summed E-state index contributed by atoms with van der Waals surface area (Å²) in [6.07, 6.45) is 89.4. The summed E-state index contributed by atoms with van der Waals surface area (Å²) in [4.78, 5) is 35.4. The Labute approximate surface area is 521 Å². The predicted octanol–water partition coefficient (Wildman–Crippen LogP) is 24.0. The van der Waals surface area contributed by atoms with Crippen LogP contribution in [0.25, 0.3) is 0 Å². The Balaban J connectivity index is 3.80. The lowest BCUT2D eigenvalue weighted by Gasteiger charge is -2.19. The van der Waals surface area contributed by atoms with E-state index < -0.39 is 26.5 Å². The molecule has 0 saturated carbocycles. The van der Waals surface area contributed by atoms with Crippen molar-refractivity contribution in [3.63, 3.8) is 0 Å². The lowest BCUT2D eigenvalue weighted by atomic mass is 10.0. The van der Waals surface area contributed by atoms with Crippen molar-refractivity contribution in [2.75, 3.05) is 26.4 Å². The lowest BCUT2D eigenvalue weighted by molar-refractivity contribution is -0.161. The maximum Gasteiger partial charge on any atom is 0.472 e. The van der Waals surface area contributed by atoms with Crippen molar-refractivity contribution in [3.05, 3.63) is 48.6 Å². The molecule has 0 aliphatic rings. The highest BCUT2D eigenvalue weighted by molar-refractivity contribution is 7.47. The topological polar surface area (TPSA) is 134 Å². The van der Waals surface area contributed by atoms with Crippen LogP contribution in [0.1, 0.15) is 380 Å². The SMILES string of the molecule is CC/C=C\C/C=C\C/C=C\C/C=C\CCCCCCCCCCCCCCCCCCCCC(=O)OC(COC(=O)CCCCCCCCCCCCCCCCCCCCCCCCCCCCCCCCCC)COP(=O)(O)OCCN. The molecule has 0 fully saturated rings. The number of phosphoric ester groups is 1. The fourth-order valence-electron chi connectivity index (χ4n) is 11.1. The summed E-state index contributed by atoms with van der Waals surface area (Å²) in [7, 11) is -4.39. The highest BCUT2D eigenvalue weighted by atomic mass is 31.2. The highest BCUT2D eigenvalue weighted by Crippen LogP contribution is 2.43. The van der Waals surface area contributed by atoms with E-state index in [1.807, 2.05) is 0 Å². The average molecular weight is 1200 g/mol. The number of hydrogen-bond donors (Lipinski definition) is 2. The van der Waals surface area contributed by atoms with Gasteiger partial charge in [-0.25, -0.2) is 4.57 Å². The molecule has 0 spiro atoms. The van der Waals surface area contributed by atoms with E-state index in [1.165, 1.54) is 289 Å². The Morgan fingerprint density at radius 1 is 0.369 bits per heavy atom. The molecule has 3 N–H and O–H groups in total. The first-order valence-corrected chi connectivity index (χ1v) is 38.1. The normalized spacial score (nSPS) is 13.1. The first kappa shape index (κ1) is 82.0. The minimum atomic E-state index is -4.39. The van der Waals surface area contributed by atoms with E-state index in [9.17, 15) is 19.0 Å². The summed E-state index contributed by atoms with van der Waals surface area (Å²) in [6.45, 7) is 3.71. The minimum Gasteiger partial charge on any atom is -0.462 e. The molecule has 10 heteroatoms. The number of carbonyl (C=O) groups excluding carboxylic acids is 2. The summed E-state index contributed by atoms with van der Waals surface area (Å²) in [5.41, 5.74) is 5.41. The van der Waals surface area contributed by atoms with Gasteiger partial charge < -0.3 is 20.1 Å². The number of ether oxygens (including phenoxy) is 2. The Morgan fingerprint density at radius 3 is 0.976 bits per heavy atom. The van der Waals surface area contributed by atoms with Crippen LogP contribution in [0.5, 0.6) is 0 Å². The number of carbonyl (C=O) groups is 2. The van der Waals surface area contributed by atoms with Gasteiger partial charge in [0, 0.05) is 19.4 Å². The zero-order valence-corrected chi connectivity index (χ0v) is 56.6. The van der Waals surface area contributed by atoms with Gasteiger partial charge in [0.1, 0.15) is 6.61 Å². The zero-order chi connectivity index (χ0) is 60.9. The van der Waals surface area contributed by atoms with Gasteiger partial charge in [0.2, 0.25) is 0 Å². The monoisotopic (exact) mass is 1200 g/mol. The molecule has 84 heavy (non-hydrogen) atoms. The average Bonchev–Trinajstić information content (AvgIpc) is 3.58. The van der Waals surface area contributed by atoms with Crippen molar-refractivity contribution in [2.45, 2.75) is 386 Å². The number of hydrogen-bond acceptors (Lipinski definition) is 8. The second-order valence-electron chi connectivity index (χ2n) is 24.8. The quantitative estimate of drug-likeness (QED) is 0.0264. The Hall–Kier alpha value is -2.03. The van der Waals surface area contributed by atoms with E-state index in [0.29, 0.717) is 6.42 Å². The molecule has 0 aliphatic heterocycles. The molecule has 0 radical (unpaired) electrons. The van der Waals surface area contributed by atoms with Crippen LogP contribution in [0.15, 0.2) is 48.6 Å². The van der Waals surface area contributed by atoms with E-state index in [-0.39, 0.29) is 38.6 Å². The van der Waals surface area contributed by atoms with Crippen LogP contribution in [0, 0.1) is 0 Å². The van der Waals surface area contributed by atoms with Crippen LogP contribution in [-0.2, 0) is 32.7 Å². The predicted molar refractivity (Wildman–Crippen MR) is 363 cm³/mol. The van der Waals surface area contributed by atoms with E-state index >= 15 is 0 Å². The van der Waals surface area contributed by atoms with Gasteiger partial charge in [0.15, 0.2) is 6.10 Å². The molecule has 0 saturated heterocycles. The third kappa shape index (κ3) is 69.1. The van der Waals surface area contributed by atoms with E-state index in [1.54, 1.807) is 0 Å². The van der Waals surface area contributed by atoms with Crippen LogP contribution in [-0.4, -0.2) is 49.3 Å². The van der Waals surface area contributed by atoms with Crippen molar-refractivity contribution in [3.8, 4) is 0 Å². The van der Waals surface area contributed by atoms with E-state index in [2.05, 4.69) is 62.5 Å². The van der Waals surface area contributed by atoms with Crippen molar-refractivity contribution < 1.29 is 37.6 Å².